The van der Waals surface area contributed by atoms with Gasteiger partial charge in [0.15, 0.2) is 0 Å². The van der Waals surface area contributed by atoms with Gasteiger partial charge in [0.1, 0.15) is 0 Å². The summed E-state index contributed by atoms with van der Waals surface area (Å²) in [4.78, 5) is 2.29. The van der Waals surface area contributed by atoms with E-state index in [0.29, 0.717) is 6.54 Å². The van der Waals surface area contributed by atoms with Crippen molar-refractivity contribution in [1.82, 2.24) is 0 Å². The van der Waals surface area contributed by atoms with E-state index in [1.807, 2.05) is 6.07 Å². The Balaban J connectivity index is 2.44. The first-order valence-electron chi connectivity index (χ1n) is 6.93. The predicted octanol–water partition coefficient (Wildman–Crippen LogP) is 2.80. The van der Waals surface area contributed by atoms with Gasteiger partial charge in [-0.15, -0.1) is 0 Å². The third-order valence-corrected chi connectivity index (χ3v) is 4.49. The van der Waals surface area contributed by atoms with Crippen LogP contribution in [0.15, 0.2) is 30.3 Å². The van der Waals surface area contributed by atoms with E-state index in [1.54, 1.807) is 0 Å². The first-order chi connectivity index (χ1) is 8.74. The fourth-order valence-electron chi connectivity index (χ4n) is 3.62. The van der Waals surface area contributed by atoms with Crippen LogP contribution in [0.2, 0.25) is 0 Å². The van der Waals surface area contributed by atoms with Crippen molar-refractivity contribution >= 4 is 5.69 Å². The van der Waals surface area contributed by atoms with Crippen LogP contribution < -0.4 is 10.6 Å². The summed E-state index contributed by atoms with van der Waals surface area (Å²) >= 11 is 0. The number of hydrogen-bond donors (Lipinski definition) is 1. The molecule has 2 rings (SSSR count). The van der Waals surface area contributed by atoms with E-state index in [4.69, 9.17) is 10.5 Å². The van der Waals surface area contributed by atoms with Crippen molar-refractivity contribution in [3.63, 3.8) is 0 Å². The molecule has 0 aromatic heterocycles. The average Bonchev–Trinajstić information content (AvgIpc) is 2.54. The van der Waals surface area contributed by atoms with Crippen molar-refractivity contribution in [3.05, 3.63) is 30.3 Å². The summed E-state index contributed by atoms with van der Waals surface area (Å²) in [5.41, 5.74) is 6.75. The molecule has 1 aromatic carbocycles. The number of rotatable bonds is 3. The number of benzene rings is 1. The largest absolute Gasteiger partial charge is 0.367 e. The lowest BCUT2D eigenvalue weighted by molar-refractivity contribution is -0.0779. The van der Waals surface area contributed by atoms with Gasteiger partial charge in [0, 0.05) is 25.7 Å². The summed E-state index contributed by atoms with van der Waals surface area (Å²) in [6.07, 6.45) is 0.925. The Hall–Kier alpha value is -1.06. The van der Waals surface area contributed by atoms with E-state index < -0.39 is 0 Å². The highest BCUT2D eigenvalue weighted by molar-refractivity contribution is 5.50. The highest BCUT2D eigenvalue weighted by Crippen LogP contribution is 2.48. The molecule has 1 fully saturated rings. The quantitative estimate of drug-likeness (QED) is 0.910. The number of ether oxygens (including phenoxy) is 1. The minimum atomic E-state index is -0.282. The fourth-order valence-corrected chi connectivity index (χ4v) is 3.62. The highest BCUT2D eigenvalue weighted by atomic mass is 16.5. The maximum absolute atomic E-state index is 6.26. The van der Waals surface area contributed by atoms with Crippen molar-refractivity contribution in [2.45, 2.75) is 50.9 Å². The third-order valence-electron chi connectivity index (χ3n) is 4.49. The lowest BCUT2D eigenvalue weighted by Gasteiger charge is -2.47. The third kappa shape index (κ3) is 2.26. The zero-order valence-electron chi connectivity index (χ0n) is 12.7. The van der Waals surface area contributed by atoms with Gasteiger partial charge in [-0.25, -0.2) is 0 Å². The lowest BCUT2D eigenvalue weighted by Crippen LogP contribution is -2.62. The van der Waals surface area contributed by atoms with Crippen molar-refractivity contribution in [2.24, 2.45) is 5.73 Å². The SMILES string of the molecule is CN(c1ccccc1)C1(CN)CC(C)(C)OC1(C)C. The minimum absolute atomic E-state index is 0.147. The van der Waals surface area contributed by atoms with Crippen LogP contribution in [0.4, 0.5) is 5.69 Å². The Kier molecular flexibility index (Phi) is 3.40. The molecule has 0 aliphatic carbocycles. The zero-order valence-corrected chi connectivity index (χ0v) is 12.7. The number of anilines is 1. The molecule has 0 radical (unpaired) electrons. The van der Waals surface area contributed by atoms with Gasteiger partial charge in [-0.1, -0.05) is 18.2 Å². The van der Waals surface area contributed by atoms with Crippen LogP contribution in [0.1, 0.15) is 34.1 Å². The molecule has 1 saturated heterocycles. The van der Waals surface area contributed by atoms with Crippen LogP contribution in [0, 0.1) is 0 Å². The molecule has 0 bridgehead atoms. The van der Waals surface area contributed by atoms with Crippen LogP contribution in [0.25, 0.3) is 0 Å². The number of likely N-dealkylation sites (N-methyl/N-ethyl adjacent to an activating group) is 1. The Labute approximate surface area is 116 Å². The first kappa shape index (κ1) is 14.4. The summed E-state index contributed by atoms with van der Waals surface area (Å²) in [6, 6.07) is 10.4. The molecule has 0 amide bonds. The molecule has 0 saturated carbocycles. The number of hydrogen-bond acceptors (Lipinski definition) is 3. The monoisotopic (exact) mass is 262 g/mol. The van der Waals surface area contributed by atoms with Crippen molar-refractivity contribution < 1.29 is 4.74 Å². The van der Waals surface area contributed by atoms with Crippen LogP contribution in [0.3, 0.4) is 0 Å². The Morgan fingerprint density at radius 2 is 1.74 bits per heavy atom. The average molecular weight is 262 g/mol. The van der Waals surface area contributed by atoms with Gasteiger partial charge in [-0.3, -0.25) is 0 Å². The van der Waals surface area contributed by atoms with Gasteiger partial charge < -0.3 is 15.4 Å². The molecule has 1 heterocycles. The number of nitrogens with zero attached hydrogens (tertiary/aromatic N) is 1. The summed E-state index contributed by atoms with van der Waals surface area (Å²) < 4.78 is 6.26. The minimum Gasteiger partial charge on any atom is -0.367 e. The maximum atomic E-state index is 6.26. The smallest absolute Gasteiger partial charge is 0.0877 e. The van der Waals surface area contributed by atoms with Gasteiger partial charge in [0.25, 0.3) is 0 Å². The van der Waals surface area contributed by atoms with Crippen molar-refractivity contribution in [1.29, 1.82) is 0 Å². The Morgan fingerprint density at radius 3 is 2.16 bits per heavy atom. The molecular weight excluding hydrogens is 236 g/mol. The summed E-state index contributed by atoms with van der Waals surface area (Å²) in [5, 5.41) is 0. The lowest BCUT2D eigenvalue weighted by atomic mass is 9.77. The molecule has 1 aromatic rings. The van der Waals surface area contributed by atoms with Crippen molar-refractivity contribution in [3.8, 4) is 0 Å². The molecule has 3 heteroatoms. The maximum Gasteiger partial charge on any atom is 0.0877 e. The highest BCUT2D eigenvalue weighted by Gasteiger charge is 2.58. The Bertz CT molecular complexity index is 441. The first-order valence-corrected chi connectivity index (χ1v) is 6.93. The predicted molar refractivity (Wildman–Crippen MR) is 80.5 cm³/mol. The van der Waals surface area contributed by atoms with Crippen LogP contribution >= 0.6 is 0 Å². The zero-order chi connectivity index (χ0) is 14.3. The van der Waals surface area contributed by atoms with E-state index in [-0.39, 0.29) is 16.7 Å². The molecule has 1 aliphatic heterocycles. The second kappa shape index (κ2) is 4.50. The molecule has 1 aliphatic rings. The molecule has 2 N–H and O–H groups in total. The molecule has 0 spiro atoms. The van der Waals surface area contributed by atoms with Gasteiger partial charge >= 0.3 is 0 Å². The molecule has 19 heavy (non-hydrogen) atoms. The summed E-state index contributed by atoms with van der Waals surface area (Å²) in [6.45, 7) is 9.16. The number of nitrogens with two attached hydrogens (primary N) is 1. The van der Waals surface area contributed by atoms with E-state index in [9.17, 15) is 0 Å². The van der Waals surface area contributed by atoms with Crippen LogP contribution in [-0.2, 0) is 4.74 Å². The normalized spacial score (nSPS) is 28.3. The molecule has 106 valence electrons. The molecular formula is C16H26N2O. The Morgan fingerprint density at radius 1 is 1.16 bits per heavy atom. The van der Waals surface area contributed by atoms with E-state index in [0.717, 1.165) is 6.42 Å². The van der Waals surface area contributed by atoms with Gasteiger partial charge in [0.05, 0.1) is 16.7 Å². The van der Waals surface area contributed by atoms with Gasteiger partial charge in [-0.05, 0) is 39.8 Å². The van der Waals surface area contributed by atoms with E-state index in [2.05, 4.69) is 63.9 Å². The second-order valence-corrected chi connectivity index (χ2v) is 6.68. The molecule has 1 atom stereocenters. The number of para-hydroxylation sites is 1. The second-order valence-electron chi connectivity index (χ2n) is 6.68. The standard InChI is InChI=1S/C16H26N2O/c1-14(2)11-16(12-17,15(3,4)19-14)18(5)13-9-7-6-8-10-13/h6-10H,11-12,17H2,1-5H3. The van der Waals surface area contributed by atoms with Crippen LogP contribution in [0.5, 0.6) is 0 Å². The fraction of sp³-hybridized carbons (Fsp3) is 0.625. The van der Waals surface area contributed by atoms with Crippen molar-refractivity contribution in [2.75, 3.05) is 18.5 Å². The molecule has 1 unspecified atom stereocenters. The van der Waals surface area contributed by atoms with Gasteiger partial charge in [-0.2, -0.15) is 0 Å². The van der Waals surface area contributed by atoms with Gasteiger partial charge in [0.2, 0.25) is 0 Å². The van der Waals surface area contributed by atoms with E-state index >= 15 is 0 Å². The van der Waals surface area contributed by atoms with E-state index in [1.165, 1.54) is 5.69 Å². The van der Waals surface area contributed by atoms with Crippen LogP contribution in [-0.4, -0.2) is 30.3 Å². The molecule has 3 nitrogen and oxygen atoms in total. The summed E-state index contributed by atoms with van der Waals surface area (Å²) in [7, 11) is 2.12. The topological polar surface area (TPSA) is 38.5 Å². The summed E-state index contributed by atoms with van der Waals surface area (Å²) in [5.74, 6) is 0.